The molecule has 8 heavy (non-hydrogen) atoms. The number of hydrogen-bond donors (Lipinski definition) is 1. The van der Waals surface area contributed by atoms with Crippen LogP contribution in [0.2, 0.25) is 0 Å². The molecule has 0 aliphatic carbocycles. The molecule has 0 aliphatic rings. The molecule has 0 saturated carbocycles. The maximum absolute atomic E-state index is 9.65. The lowest BCUT2D eigenvalue weighted by atomic mass is 10.7. The third-order valence-electron chi connectivity index (χ3n) is 0.300. The first-order valence-corrected chi connectivity index (χ1v) is 2.19. The maximum atomic E-state index is 9.65. The highest BCUT2D eigenvalue weighted by Crippen LogP contribution is 2.00. The van der Waals surface area contributed by atoms with Crippen molar-refractivity contribution in [3.63, 3.8) is 0 Å². The van der Waals surface area contributed by atoms with Gasteiger partial charge in [-0.1, -0.05) is 23.2 Å². The van der Waals surface area contributed by atoms with E-state index < -0.39 is 5.97 Å². The molecule has 1 N–H and O–H groups in total. The number of carbonyl (C=O) groups is 1. The van der Waals surface area contributed by atoms with Crippen LogP contribution < -0.4 is 0 Å². The molecule has 0 rings (SSSR count). The Kier molecular flexibility index (Phi) is 7.62. The number of carboxylic acids is 1. The van der Waals surface area contributed by atoms with E-state index in [0.29, 0.717) is 0 Å². The molecule has 0 atom stereocenters. The molecule has 0 fully saturated rings. The van der Waals surface area contributed by atoms with Crippen LogP contribution in [0.1, 0.15) is 0 Å². The summed E-state index contributed by atoms with van der Waals surface area (Å²) in [6.07, 6.45) is 0. The Morgan fingerprint density at radius 3 is 2.00 bits per heavy atom. The van der Waals surface area contributed by atoms with Crippen LogP contribution in [0, 0.1) is 0 Å². The Morgan fingerprint density at radius 2 is 2.00 bits per heavy atom. The highest BCUT2D eigenvalue weighted by atomic mass is 35.5. The van der Waals surface area contributed by atoms with Gasteiger partial charge in [-0.05, 0) is 0 Å². The summed E-state index contributed by atoms with van der Waals surface area (Å²) in [5, 5.41) is 7.52. The standard InChI is InChI=1S/C3H2Cl2O2.Al.3H/c4-1-2(5)3(6)7;;;;/h1H,(H,6,7);;;;. The fourth-order valence-electron chi connectivity index (χ4n) is 0.0467. The zero-order valence-electron chi connectivity index (χ0n) is 3.19. The quantitative estimate of drug-likeness (QED) is 0.452. The van der Waals surface area contributed by atoms with E-state index in [2.05, 4.69) is 0 Å². The van der Waals surface area contributed by atoms with Crippen molar-refractivity contribution in [3.05, 3.63) is 10.6 Å². The molecule has 0 unspecified atom stereocenters. The average molecular weight is 171 g/mol. The fraction of sp³-hybridized carbons (Fsp3) is 0. The molecule has 0 aromatic heterocycles. The molecule has 0 spiro atoms. The summed E-state index contributed by atoms with van der Waals surface area (Å²) in [5.74, 6) is -1.21. The van der Waals surface area contributed by atoms with Crippen LogP contribution in [0.25, 0.3) is 0 Å². The molecule has 0 amide bonds. The zero-order chi connectivity index (χ0) is 5.86. The summed E-state index contributed by atoms with van der Waals surface area (Å²) in [6, 6.07) is 0. The number of halogens is 2. The summed E-state index contributed by atoms with van der Waals surface area (Å²) in [5.41, 5.74) is 0.796. The highest BCUT2D eigenvalue weighted by Gasteiger charge is 1.98. The van der Waals surface area contributed by atoms with E-state index in [1.54, 1.807) is 0 Å². The third-order valence-corrected chi connectivity index (χ3v) is 0.901. The van der Waals surface area contributed by atoms with Crippen molar-refractivity contribution in [1.82, 2.24) is 0 Å². The Balaban J connectivity index is 0. The van der Waals surface area contributed by atoms with Crippen LogP contribution >= 0.6 is 23.2 Å². The van der Waals surface area contributed by atoms with E-state index in [4.69, 9.17) is 28.3 Å². The van der Waals surface area contributed by atoms with Crippen molar-refractivity contribution in [2.75, 3.05) is 0 Å². The largest absolute Gasteiger partial charge is 0.477 e. The zero-order valence-corrected chi connectivity index (χ0v) is 4.70. The van der Waals surface area contributed by atoms with E-state index in [0.717, 1.165) is 5.54 Å². The van der Waals surface area contributed by atoms with Crippen molar-refractivity contribution in [3.8, 4) is 0 Å². The Labute approximate surface area is 67.2 Å². The van der Waals surface area contributed by atoms with E-state index >= 15 is 0 Å². The summed E-state index contributed by atoms with van der Waals surface area (Å²) in [7, 11) is 0. The second-order valence-corrected chi connectivity index (χ2v) is 1.39. The Morgan fingerprint density at radius 1 is 1.62 bits per heavy atom. The van der Waals surface area contributed by atoms with Crippen LogP contribution in [0.15, 0.2) is 10.6 Å². The van der Waals surface area contributed by atoms with Gasteiger partial charge in [0.05, 0.1) is 0 Å². The topological polar surface area (TPSA) is 37.3 Å². The number of hydrogen-bond acceptors (Lipinski definition) is 1. The predicted molar refractivity (Wildman–Crippen MR) is 37.4 cm³/mol. The van der Waals surface area contributed by atoms with Gasteiger partial charge in [0.1, 0.15) is 5.03 Å². The molecule has 0 aromatic rings. The number of aliphatic carboxylic acids is 1. The molecule has 0 heterocycles. The fourth-order valence-corrected chi connectivity index (χ4v) is 0.140. The van der Waals surface area contributed by atoms with Gasteiger partial charge in [-0.15, -0.1) is 0 Å². The first-order chi connectivity index (χ1) is 3.18. The highest BCUT2D eigenvalue weighted by molar-refractivity contribution is 6.45. The lowest BCUT2D eigenvalue weighted by molar-refractivity contribution is -0.131. The van der Waals surface area contributed by atoms with Gasteiger partial charge in [0.15, 0.2) is 17.4 Å². The van der Waals surface area contributed by atoms with Crippen LogP contribution in [-0.4, -0.2) is 28.4 Å². The van der Waals surface area contributed by atoms with Crippen molar-refractivity contribution in [1.29, 1.82) is 0 Å². The molecule has 46 valence electrons. The molecular weight excluding hydrogens is 166 g/mol. The minimum Gasteiger partial charge on any atom is -0.477 e. The monoisotopic (exact) mass is 170 g/mol. The van der Waals surface area contributed by atoms with Gasteiger partial charge in [0.25, 0.3) is 0 Å². The van der Waals surface area contributed by atoms with Gasteiger partial charge >= 0.3 is 5.97 Å². The Bertz CT molecular complexity index is 112. The molecule has 0 saturated heterocycles. The molecule has 0 bridgehead atoms. The first-order valence-electron chi connectivity index (χ1n) is 1.37. The second-order valence-electron chi connectivity index (χ2n) is 0.762. The van der Waals surface area contributed by atoms with Crippen molar-refractivity contribution >= 4 is 46.5 Å². The van der Waals surface area contributed by atoms with E-state index in [-0.39, 0.29) is 22.4 Å². The van der Waals surface area contributed by atoms with Crippen LogP contribution in [0.4, 0.5) is 0 Å². The predicted octanol–water partition coefficient (Wildman–Crippen LogP) is 0.206. The van der Waals surface area contributed by atoms with Gasteiger partial charge < -0.3 is 5.11 Å². The molecule has 2 nitrogen and oxygen atoms in total. The summed E-state index contributed by atoms with van der Waals surface area (Å²) < 4.78 is 0. The van der Waals surface area contributed by atoms with Gasteiger partial charge in [0, 0.05) is 5.54 Å². The van der Waals surface area contributed by atoms with Crippen LogP contribution in [-0.2, 0) is 4.79 Å². The molecule has 0 aliphatic heterocycles. The van der Waals surface area contributed by atoms with Crippen molar-refractivity contribution in [2.45, 2.75) is 0 Å². The molecule has 0 radical (unpaired) electrons. The maximum Gasteiger partial charge on any atom is 0.348 e. The lowest BCUT2D eigenvalue weighted by Gasteiger charge is -1.79. The van der Waals surface area contributed by atoms with Crippen LogP contribution in [0.5, 0.6) is 0 Å². The van der Waals surface area contributed by atoms with Gasteiger partial charge in [-0.2, -0.15) is 0 Å². The normalized spacial score (nSPS) is 10.0. The molecular formula is C3H5AlCl2O2. The smallest absolute Gasteiger partial charge is 0.348 e. The first kappa shape index (κ1) is 11.2. The van der Waals surface area contributed by atoms with E-state index in [9.17, 15) is 4.79 Å². The van der Waals surface area contributed by atoms with E-state index in [1.807, 2.05) is 0 Å². The van der Waals surface area contributed by atoms with Gasteiger partial charge in [-0.3, -0.25) is 0 Å². The van der Waals surface area contributed by atoms with Crippen molar-refractivity contribution < 1.29 is 9.90 Å². The summed E-state index contributed by atoms with van der Waals surface area (Å²) in [4.78, 5) is 9.65. The molecule has 0 aromatic carbocycles. The van der Waals surface area contributed by atoms with Crippen molar-refractivity contribution in [2.24, 2.45) is 0 Å². The minimum atomic E-state index is -1.21. The summed E-state index contributed by atoms with van der Waals surface area (Å²) >= 11 is 9.80. The second kappa shape index (κ2) is 5.46. The summed E-state index contributed by atoms with van der Waals surface area (Å²) in [6.45, 7) is 0. The number of carboxylic acid groups (broad SMARTS) is 1. The van der Waals surface area contributed by atoms with E-state index in [1.165, 1.54) is 0 Å². The molecule has 5 heteroatoms. The third kappa shape index (κ3) is 4.48. The van der Waals surface area contributed by atoms with Gasteiger partial charge in [0.2, 0.25) is 0 Å². The van der Waals surface area contributed by atoms with Crippen LogP contribution in [0.3, 0.4) is 0 Å². The lowest BCUT2D eigenvalue weighted by Crippen LogP contribution is -1.91. The number of rotatable bonds is 1. The minimum absolute atomic E-state index is 0. The SMILES string of the molecule is O=C(O)C(Cl)=CCl.[AlH3]. The average Bonchev–Trinajstić information content (AvgIpc) is 1.65. The Hall–Kier alpha value is 0.322. The van der Waals surface area contributed by atoms with Gasteiger partial charge in [-0.25, -0.2) is 4.79 Å².